The van der Waals surface area contributed by atoms with Crippen LogP contribution in [0.5, 0.6) is 0 Å². The highest BCUT2D eigenvalue weighted by atomic mass is 32.1. The maximum atomic E-state index is 13.2. The lowest BCUT2D eigenvalue weighted by Gasteiger charge is -2.30. The first-order chi connectivity index (χ1) is 15.1. The topological polar surface area (TPSA) is 61.9 Å². The molecule has 32 heavy (non-hydrogen) atoms. The molecule has 0 aliphatic carbocycles. The van der Waals surface area contributed by atoms with Gasteiger partial charge in [-0.05, 0) is 53.5 Å². The molecule has 2 aromatic rings. The quantitative estimate of drug-likeness (QED) is 0.605. The van der Waals surface area contributed by atoms with Crippen LogP contribution in [0, 0.1) is 5.41 Å². The second kappa shape index (κ2) is 10.5. The number of rotatable bonds is 8. The molecule has 0 bridgehead atoms. The van der Waals surface area contributed by atoms with Gasteiger partial charge in [-0.25, -0.2) is 0 Å². The van der Waals surface area contributed by atoms with Crippen molar-refractivity contribution >= 4 is 34.5 Å². The van der Waals surface area contributed by atoms with Crippen molar-refractivity contribution in [2.45, 2.75) is 52.7 Å². The van der Waals surface area contributed by atoms with E-state index in [-0.39, 0.29) is 23.3 Å². The minimum Gasteiger partial charge on any atom is -0.377 e. The Balaban J connectivity index is 1.84. The molecule has 0 radical (unpaired) electrons. The summed E-state index contributed by atoms with van der Waals surface area (Å²) >= 11 is 1.41. The van der Waals surface area contributed by atoms with Gasteiger partial charge in [0, 0.05) is 51.6 Å². The predicted molar refractivity (Wildman–Crippen MR) is 132 cm³/mol. The molecule has 2 amide bonds. The van der Waals surface area contributed by atoms with Gasteiger partial charge in [-0.1, -0.05) is 26.8 Å². The Morgan fingerprint density at radius 3 is 2.59 bits per heavy atom. The predicted octanol–water partition coefficient (Wildman–Crippen LogP) is 5.01. The van der Waals surface area contributed by atoms with Gasteiger partial charge in [-0.15, -0.1) is 11.3 Å². The molecule has 1 aliphatic rings. The van der Waals surface area contributed by atoms with Crippen LogP contribution in [0.2, 0.25) is 0 Å². The Bertz CT molecular complexity index is 913. The van der Waals surface area contributed by atoms with Gasteiger partial charge in [0.2, 0.25) is 5.91 Å². The van der Waals surface area contributed by atoms with Crippen LogP contribution >= 0.6 is 11.3 Å². The molecule has 1 N–H and O–H groups in total. The first-order valence-corrected chi connectivity index (χ1v) is 12.0. The molecule has 3 rings (SSSR count). The molecular weight excluding hydrogens is 422 g/mol. The Kier molecular flexibility index (Phi) is 7.96. The number of hydrogen-bond donors (Lipinski definition) is 1. The third kappa shape index (κ3) is 6.81. The smallest absolute Gasteiger partial charge is 0.265 e. The molecule has 174 valence electrons. The normalized spacial score (nSPS) is 16.1. The number of anilines is 2. The summed E-state index contributed by atoms with van der Waals surface area (Å²) in [6, 6.07) is 9.56. The van der Waals surface area contributed by atoms with E-state index in [2.05, 4.69) is 26.1 Å². The van der Waals surface area contributed by atoms with Crippen molar-refractivity contribution in [3.8, 4) is 0 Å². The number of carbonyl (C=O) groups is 2. The lowest BCUT2D eigenvalue weighted by atomic mass is 9.91. The van der Waals surface area contributed by atoms with E-state index in [1.54, 1.807) is 0 Å². The summed E-state index contributed by atoms with van der Waals surface area (Å²) < 4.78 is 5.84. The summed E-state index contributed by atoms with van der Waals surface area (Å²) in [6.07, 6.45) is 2.59. The number of hydrogen-bond acceptors (Lipinski definition) is 5. The number of benzene rings is 1. The molecule has 0 spiro atoms. The molecule has 6 nitrogen and oxygen atoms in total. The van der Waals surface area contributed by atoms with Crippen molar-refractivity contribution < 1.29 is 14.3 Å². The summed E-state index contributed by atoms with van der Waals surface area (Å²) in [7, 11) is 3.98. The molecule has 2 heterocycles. The first-order valence-electron chi connectivity index (χ1n) is 11.2. The number of amides is 2. The fraction of sp³-hybridized carbons (Fsp3) is 0.520. The maximum absolute atomic E-state index is 13.2. The van der Waals surface area contributed by atoms with Gasteiger partial charge in [0.1, 0.15) is 0 Å². The van der Waals surface area contributed by atoms with Crippen LogP contribution in [-0.2, 0) is 16.1 Å². The van der Waals surface area contributed by atoms with E-state index in [9.17, 15) is 9.59 Å². The standard InChI is InChI=1S/C25H35N3O3S/c1-25(2,3)15-23(29)28(17-20-8-6-12-31-20)16-18-14-19(10-11-21(18)27(4)5)26-24(30)22-9-7-13-32-22/h7,9-11,13-14,20H,6,8,12,15-17H2,1-5H3,(H,26,30). The molecule has 1 aromatic carbocycles. The van der Waals surface area contributed by atoms with E-state index in [4.69, 9.17) is 4.74 Å². The van der Waals surface area contributed by atoms with E-state index in [0.29, 0.717) is 24.4 Å². The Morgan fingerprint density at radius 2 is 2.00 bits per heavy atom. The van der Waals surface area contributed by atoms with Gasteiger partial charge in [0.05, 0.1) is 11.0 Å². The number of carbonyl (C=O) groups excluding carboxylic acids is 2. The largest absolute Gasteiger partial charge is 0.377 e. The summed E-state index contributed by atoms with van der Waals surface area (Å²) in [4.78, 5) is 30.4. The maximum Gasteiger partial charge on any atom is 0.265 e. The second-order valence-electron chi connectivity index (χ2n) is 9.82. The third-order valence-electron chi connectivity index (χ3n) is 5.41. The van der Waals surface area contributed by atoms with Gasteiger partial charge in [0.15, 0.2) is 0 Å². The van der Waals surface area contributed by atoms with Crippen molar-refractivity contribution in [2.75, 3.05) is 37.5 Å². The molecule has 1 unspecified atom stereocenters. The van der Waals surface area contributed by atoms with E-state index < -0.39 is 0 Å². The SMILES string of the molecule is CN(C)c1ccc(NC(=O)c2cccs2)cc1CN(CC1CCCO1)C(=O)CC(C)(C)C. The van der Waals surface area contributed by atoms with Crippen molar-refractivity contribution in [3.63, 3.8) is 0 Å². The van der Waals surface area contributed by atoms with Crippen LogP contribution in [-0.4, -0.2) is 50.1 Å². The summed E-state index contributed by atoms with van der Waals surface area (Å²) in [5.74, 6) is 0.00861. The van der Waals surface area contributed by atoms with Crippen LogP contribution in [0.3, 0.4) is 0 Å². The molecule has 1 aromatic heterocycles. The van der Waals surface area contributed by atoms with Crippen LogP contribution in [0.15, 0.2) is 35.7 Å². The molecule has 1 saturated heterocycles. The van der Waals surface area contributed by atoms with Crippen LogP contribution in [0.1, 0.15) is 55.3 Å². The van der Waals surface area contributed by atoms with Crippen LogP contribution in [0.4, 0.5) is 11.4 Å². The summed E-state index contributed by atoms with van der Waals surface area (Å²) in [6.45, 7) is 8.08. The highest BCUT2D eigenvalue weighted by Gasteiger charge is 2.26. The van der Waals surface area contributed by atoms with Gasteiger partial charge >= 0.3 is 0 Å². The third-order valence-corrected chi connectivity index (χ3v) is 6.28. The van der Waals surface area contributed by atoms with E-state index >= 15 is 0 Å². The number of nitrogens with zero attached hydrogens (tertiary/aromatic N) is 2. The lowest BCUT2D eigenvalue weighted by molar-refractivity contribution is -0.135. The number of thiophene rings is 1. The zero-order chi connectivity index (χ0) is 23.3. The second-order valence-corrected chi connectivity index (χ2v) is 10.8. The molecule has 1 fully saturated rings. The summed E-state index contributed by atoms with van der Waals surface area (Å²) in [5, 5.41) is 4.88. The van der Waals surface area contributed by atoms with E-state index in [1.807, 2.05) is 59.6 Å². The Hall–Kier alpha value is -2.38. The lowest BCUT2D eigenvalue weighted by Crippen LogP contribution is -2.38. The van der Waals surface area contributed by atoms with Gasteiger partial charge in [-0.2, -0.15) is 0 Å². The highest BCUT2D eigenvalue weighted by Crippen LogP contribution is 2.28. The molecule has 7 heteroatoms. The Morgan fingerprint density at radius 1 is 1.22 bits per heavy atom. The minimum atomic E-state index is -0.122. The fourth-order valence-corrected chi connectivity index (χ4v) is 4.51. The van der Waals surface area contributed by atoms with Gasteiger partial charge in [-0.3, -0.25) is 9.59 Å². The van der Waals surface area contributed by atoms with Gasteiger partial charge in [0.25, 0.3) is 5.91 Å². The van der Waals surface area contributed by atoms with Crippen LogP contribution < -0.4 is 10.2 Å². The van der Waals surface area contributed by atoms with Crippen LogP contribution in [0.25, 0.3) is 0 Å². The van der Waals surface area contributed by atoms with Crippen molar-refractivity contribution in [1.29, 1.82) is 0 Å². The van der Waals surface area contributed by atoms with Crippen molar-refractivity contribution in [2.24, 2.45) is 5.41 Å². The minimum absolute atomic E-state index is 0.0865. The number of ether oxygens (including phenoxy) is 1. The first kappa shape index (κ1) is 24.3. The molecule has 1 atom stereocenters. The van der Waals surface area contributed by atoms with Crippen molar-refractivity contribution in [1.82, 2.24) is 4.90 Å². The Labute approximate surface area is 195 Å². The van der Waals surface area contributed by atoms with E-state index in [1.165, 1.54) is 11.3 Å². The zero-order valence-electron chi connectivity index (χ0n) is 19.8. The van der Waals surface area contributed by atoms with Gasteiger partial charge < -0.3 is 19.9 Å². The average Bonchev–Trinajstić information content (AvgIpc) is 3.40. The molecule has 1 aliphatic heterocycles. The summed E-state index contributed by atoms with van der Waals surface area (Å²) in [5.41, 5.74) is 2.66. The van der Waals surface area contributed by atoms with E-state index in [0.717, 1.165) is 36.4 Å². The zero-order valence-corrected chi connectivity index (χ0v) is 20.6. The molecule has 0 saturated carbocycles. The molecular formula is C25H35N3O3S. The fourth-order valence-electron chi connectivity index (χ4n) is 3.89. The average molecular weight is 458 g/mol. The van der Waals surface area contributed by atoms with Crippen molar-refractivity contribution in [3.05, 3.63) is 46.2 Å². The number of nitrogens with one attached hydrogen (secondary N) is 1. The monoisotopic (exact) mass is 457 g/mol. The highest BCUT2D eigenvalue weighted by molar-refractivity contribution is 7.12.